The van der Waals surface area contributed by atoms with Crippen LogP contribution >= 0.6 is 0 Å². The topological polar surface area (TPSA) is 61.4 Å². The van der Waals surface area contributed by atoms with Crippen LogP contribution in [0.2, 0.25) is 0 Å². The van der Waals surface area contributed by atoms with Crippen LogP contribution in [0.15, 0.2) is 42.5 Å². The van der Waals surface area contributed by atoms with E-state index in [0.29, 0.717) is 17.7 Å². The van der Waals surface area contributed by atoms with Crippen LogP contribution < -0.4 is 15.5 Å². The number of carbonyl (C=O) groups is 2. The molecule has 1 heterocycles. The van der Waals surface area contributed by atoms with Crippen molar-refractivity contribution < 1.29 is 9.59 Å². The molecule has 0 aliphatic carbocycles. The Balaban J connectivity index is 1.89. The first-order valence-corrected chi connectivity index (χ1v) is 11.2. The summed E-state index contributed by atoms with van der Waals surface area (Å²) < 4.78 is 0. The molecule has 0 radical (unpaired) electrons. The van der Waals surface area contributed by atoms with E-state index in [1.165, 1.54) is 11.1 Å². The summed E-state index contributed by atoms with van der Waals surface area (Å²) in [6.45, 7) is 11.8. The molecule has 2 aromatic rings. The van der Waals surface area contributed by atoms with Crippen LogP contribution in [0.25, 0.3) is 0 Å². The fraction of sp³-hybridized carbons (Fsp3) is 0.462. The van der Waals surface area contributed by atoms with Gasteiger partial charge in [-0.05, 0) is 54.5 Å². The highest BCUT2D eigenvalue weighted by atomic mass is 16.2. The number of benzene rings is 2. The van der Waals surface area contributed by atoms with E-state index in [4.69, 9.17) is 0 Å². The van der Waals surface area contributed by atoms with Crippen LogP contribution in [0, 0.1) is 5.41 Å². The number of carbonyl (C=O) groups excluding carboxylic acids is 2. The maximum absolute atomic E-state index is 13.1. The van der Waals surface area contributed by atoms with E-state index in [2.05, 4.69) is 46.7 Å². The van der Waals surface area contributed by atoms with Gasteiger partial charge in [0.15, 0.2) is 0 Å². The molecule has 31 heavy (non-hydrogen) atoms. The largest absolute Gasteiger partial charge is 0.366 e. The number of rotatable bonds is 6. The summed E-state index contributed by atoms with van der Waals surface area (Å²) >= 11 is 0. The van der Waals surface area contributed by atoms with Gasteiger partial charge in [-0.2, -0.15) is 0 Å². The lowest BCUT2D eigenvalue weighted by molar-refractivity contribution is -0.117. The fourth-order valence-corrected chi connectivity index (χ4v) is 3.86. The summed E-state index contributed by atoms with van der Waals surface area (Å²) in [5.41, 5.74) is 4.74. The van der Waals surface area contributed by atoms with Gasteiger partial charge in [0.1, 0.15) is 0 Å². The molecule has 0 saturated heterocycles. The van der Waals surface area contributed by atoms with E-state index in [-0.39, 0.29) is 23.3 Å². The van der Waals surface area contributed by atoms with Crippen LogP contribution in [-0.2, 0) is 17.8 Å². The lowest BCUT2D eigenvalue weighted by atomic mass is 9.92. The van der Waals surface area contributed by atoms with Gasteiger partial charge in [0.05, 0.1) is 5.56 Å². The van der Waals surface area contributed by atoms with Crippen LogP contribution in [0.5, 0.6) is 0 Å². The molecule has 1 aliphatic heterocycles. The SMILES string of the molecule is CC[C@H](C)NC(=O)c1cc(NC(=O)CC(C)(C)C)ccc1N1CCc2ccccc2C1. The monoisotopic (exact) mass is 421 g/mol. The second kappa shape index (κ2) is 9.54. The molecule has 0 spiro atoms. The molecule has 166 valence electrons. The number of fused-ring (bicyclic) bond motifs is 1. The number of nitrogens with zero attached hydrogens (tertiary/aromatic N) is 1. The Hall–Kier alpha value is -2.82. The van der Waals surface area contributed by atoms with Crippen LogP contribution in [-0.4, -0.2) is 24.4 Å². The average molecular weight is 422 g/mol. The molecule has 2 aromatic carbocycles. The van der Waals surface area contributed by atoms with Crippen molar-refractivity contribution in [2.75, 3.05) is 16.8 Å². The van der Waals surface area contributed by atoms with E-state index < -0.39 is 0 Å². The third kappa shape index (κ3) is 6.09. The first-order chi connectivity index (χ1) is 14.7. The highest BCUT2D eigenvalue weighted by Gasteiger charge is 2.23. The smallest absolute Gasteiger partial charge is 0.253 e. The Morgan fingerprint density at radius 3 is 2.48 bits per heavy atom. The minimum atomic E-state index is -0.102. The number of nitrogens with one attached hydrogen (secondary N) is 2. The van der Waals surface area contributed by atoms with Crippen molar-refractivity contribution in [2.45, 2.75) is 66.5 Å². The summed E-state index contributed by atoms with van der Waals surface area (Å²) in [6, 6.07) is 14.2. The molecule has 5 heteroatoms. The zero-order valence-corrected chi connectivity index (χ0v) is 19.4. The zero-order valence-electron chi connectivity index (χ0n) is 19.4. The summed E-state index contributed by atoms with van der Waals surface area (Å²) in [5.74, 6) is -0.143. The highest BCUT2D eigenvalue weighted by Crippen LogP contribution is 2.30. The van der Waals surface area contributed by atoms with Gasteiger partial charge >= 0.3 is 0 Å². The van der Waals surface area contributed by atoms with Gasteiger partial charge in [-0.1, -0.05) is 52.0 Å². The molecule has 0 saturated carbocycles. The number of hydrogen-bond acceptors (Lipinski definition) is 3. The van der Waals surface area contributed by atoms with Gasteiger partial charge in [-0.3, -0.25) is 9.59 Å². The lowest BCUT2D eigenvalue weighted by Crippen LogP contribution is -2.35. The second-order valence-electron chi connectivity index (χ2n) is 9.74. The average Bonchev–Trinajstić information content (AvgIpc) is 2.71. The molecule has 5 nitrogen and oxygen atoms in total. The maximum atomic E-state index is 13.1. The van der Waals surface area contributed by atoms with Crippen molar-refractivity contribution in [3.05, 3.63) is 59.2 Å². The number of anilines is 2. The minimum Gasteiger partial charge on any atom is -0.366 e. The van der Waals surface area contributed by atoms with Gasteiger partial charge in [0, 0.05) is 36.9 Å². The number of amides is 2. The lowest BCUT2D eigenvalue weighted by Gasteiger charge is -2.32. The maximum Gasteiger partial charge on any atom is 0.253 e. The van der Waals surface area contributed by atoms with Crippen molar-refractivity contribution >= 4 is 23.2 Å². The quantitative estimate of drug-likeness (QED) is 0.678. The molecule has 1 aliphatic rings. The summed E-state index contributed by atoms with van der Waals surface area (Å²) in [6.07, 6.45) is 2.24. The molecule has 2 N–H and O–H groups in total. The van der Waals surface area contributed by atoms with Crippen molar-refractivity contribution in [1.29, 1.82) is 0 Å². The molecule has 0 unspecified atom stereocenters. The van der Waals surface area contributed by atoms with Gasteiger partial charge in [0.25, 0.3) is 5.91 Å². The second-order valence-corrected chi connectivity index (χ2v) is 9.74. The number of hydrogen-bond donors (Lipinski definition) is 2. The summed E-state index contributed by atoms with van der Waals surface area (Å²) in [5, 5.41) is 6.05. The third-order valence-corrected chi connectivity index (χ3v) is 5.68. The molecule has 0 aromatic heterocycles. The molecule has 0 bridgehead atoms. The van der Waals surface area contributed by atoms with Gasteiger partial charge < -0.3 is 15.5 Å². The van der Waals surface area contributed by atoms with E-state index >= 15 is 0 Å². The normalized spacial score (nSPS) is 14.5. The van der Waals surface area contributed by atoms with Crippen LogP contribution in [0.3, 0.4) is 0 Å². The zero-order chi connectivity index (χ0) is 22.6. The Labute approximate surface area is 186 Å². The van der Waals surface area contributed by atoms with E-state index in [1.54, 1.807) is 0 Å². The van der Waals surface area contributed by atoms with E-state index in [1.807, 2.05) is 45.9 Å². The minimum absolute atomic E-state index is 0.0413. The van der Waals surface area contributed by atoms with Gasteiger partial charge in [-0.15, -0.1) is 0 Å². The van der Waals surface area contributed by atoms with Crippen molar-refractivity contribution in [3.8, 4) is 0 Å². The van der Waals surface area contributed by atoms with Gasteiger partial charge in [-0.25, -0.2) is 0 Å². The highest BCUT2D eigenvalue weighted by molar-refractivity contribution is 6.02. The molecular weight excluding hydrogens is 386 g/mol. The Morgan fingerprint density at radius 2 is 1.81 bits per heavy atom. The molecule has 1 atom stereocenters. The predicted octanol–water partition coefficient (Wildman–Crippen LogP) is 5.15. The predicted molar refractivity (Wildman–Crippen MR) is 128 cm³/mol. The summed E-state index contributed by atoms with van der Waals surface area (Å²) in [4.78, 5) is 27.8. The van der Waals surface area contributed by atoms with E-state index in [0.717, 1.165) is 31.6 Å². The third-order valence-electron chi connectivity index (χ3n) is 5.68. The Morgan fingerprint density at radius 1 is 1.10 bits per heavy atom. The van der Waals surface area contributed by atoms with E-state index in [9.17, 15) is 9.59 Å². The first kappa shape index (κ1) is 22.9. The first-order valence-electron chi connectivity index (χ1n) is 11.2. The fourth-order valence-electron chi connectivity index (χ4n) is 3.86. The Kier molecular flexibility index (Phi) is 7.04. The molecular formula is C26H35N3O2. The van der Waals surface area contributed by atoms with Crippen LogP contribution in [0.4, 0.5) is 11.4 Å². The van der Waals surface area contributed by atoms with Gasteiger partial charge in [0.2, 0.25) is 5.91 Å². The van der Waals surface area contributed by atoms with Crippen molar-refractivity contribution in [1.82, 2.24) is 5.32 Å². The molecule has 3 rings (SSSR count). The van der Waals surface area contributed by atoms with Crippen molar-refractivity contribution in [2.24, 2.45) is 5.41 Å². The molecule has 0 fully saturated rings. The van der Waals surface area contributed by atoms with Crippen molar-refractivity contribution in [3.63, 3.8) is 0 Å². The Bertz CT molecular complexity index is 946. The molecule has 2 amide bonds. The van der Waals surface area contributed by atoms with Crippen LogP contribution in [0.1, 0.15) is 68.9 Å². The summed E-state index contributed by atoms with van der Waals surface area (Å²) in [7, 11) is 0. The standard InChI is InChI=1S/C26H35N3O2/c1-6-18(2)27-25(31)22-15-21(28-24(30)16-26(3,4)5)11-12-23(22)29-14-13-19-9-7-8-10-20(19)17-29/h7-12,15,18H,6,13-14,16-17H2,1-5H3,(H,27,31)(H,28,30)/t18-/m0/s1.